The lowest BCUT2D eigenvalue weighted by molar-refractivity contribution is -0.378. The van der Waals surface area contributed by atoms with Crippen LogP contribution >= 0.6 is 0 Å². The topological polar surface area (TPSA) is 87.7 Å². The molecule has 0 bridgehead atoms. The second-order valence-corrected chi connectivity index (χ2v) is 6.21. The number of Topliss-reactive ketones (excluding diaryl/α,β-unsaturated/α-hetero) is 1. The smallest absolute Gasteiger partial charge is 0.240 e. The molecule has 134 valence electrons. The molecule has 1 aliphatic heterocycles. The predicted octanol–water partition coefficient (Wildman–Crippen LogP) is 1.67. The van der Waals surface area contributed by atoms with Crippen LogP contribution in [0.1, 0.15) is 27.7 Å². The Labute approximate surface area is 155 Å². The number of pyridine rings is 1. The third-order valence-electron chi connectivity index (χ3n) is 4.51. The Kier molecular flexibility index (Phi) is 4.30. The summed E-state index contributed by atoms with van der Waals surface area (Å²) in [4.78, 5) is 30.0. The summed E-state index contributed by atoms with van der Waals surface area (Å²) >= 11 is 0. The van der Waals surface area contributed by atoms with E-state index in [1.54, 1.807) is 30.6 Å². The summed E-state index contributed by atoms with van der Waals surface area (Å²) in [5, 5.41) is 12.7. The number of H-pyrrole nitrogens is 1. The molecule has 0 spiro atoms. The van der Waals surface area contributed by atoms with Crippen molar-refractivity contribution >= 4 is 11.7 Å². The SMILES string of the molecule is O=C(C1=C([O-])C(=O)N(Cc2ccc[nH+]c2)C1c1ccccc1)c1ccco1. The number of amides is 1. The summed E-state index contributed by atoms with van der Waals surface area (Å²) in [5.74, 6) is -2.00. The van der Waals surface area contributed by atoms with Crippen molar-refractivity contribution in [3.8, 4) is 0 Å². The van der Waals surface area contributed by atoms with Gasteiger partial charge in [-0.1, -0.05) is 30.3 Å². The first-order valence-corrected chi connectivity index (χ1v) is 8.47. The monoisotopic (exact) mass is 360 g/mol. The number of furan rings is 1. The van der Waals surface area contributed by atoms with Crippen LogP contribution < -0.4 is 10.1 Å². The lowest BCUT2D eigenvalue weighted by Gasteiger charge is -2.27. The Morgan fingerprint density at radius 3 is 2.59 bits per heavy atom. The number of aromatic nitrogens is 1. The summed E-state index contributed by atoms with van der Waals surface area (Å²) in [6.45, 7) is 0.205. The highest BCUT2D eigenvalue weighted by atomic mass is 16.3. The number of nitrogens with one attached hydrogen (secondary N) is 1. The molecule has 27 heavy (non-hydrogen) atoms. The molecule has 1 N–H and O–H groups in total. The first-order chi connectivity index (χ1) is 13.2. The maximum Gasteiger partial charge on any atom is 0.240 e. The summed E-state index contributed by atoms with van der Waals surface area (Å²) in [6, 6.07) is 15.0. The van der Waals surface area contributed by atoms with Gasteiger partial charge in [0.05, 0.1) is 18.8 Å². The van der Waals surface area contributed by atoms with Gasteiger partial charge >= 0.3 is 0 Å². The number of ketones is 1. The van der Waals surface area contributed by atoms with Crippen LogP contribution in [0.2, 0.25) is 0 Å². The number of hydrogen-bond acceptors (Lipinski definition) is 4. The second kappa shape index (κ2) is 6.92. The molecule has 1 amide bonds. The van der Waals surface area contributed by atoms with Gasteiger partial charge in [-0.25, -0.2) is 4.98 Å². The van der Waals surface area contributed by atoms with Gasteiger partial charge in [0.25, 0.3) is 0 Å². The maximum absolute atomic E-state index is 12.9. The molecule has 0 saturated carbocycles. The first-order valence-electron chi connectivity index (χ1n) is 8.47. The van der Waals surface area contributed by atoms with Crippen molar-refractivity contribution in [2.45, 2.75) is 12.6 Å². The fourth-order valence-electron chi connectivity index (χ4n) is 3.28. The Morgan fingerprint density at radius 1 is 1.11 bits per heavy atom. The maximum atomic E-state index is 12.9. The molecule has 1 unspecified atom stereocenters. The molecule has 1 aromatic carbocycles. The van der Waals surface area contributed by atoms with E-state index in [1.165, 1.54) is 17.2 Å². The highest BCUT2D eigenvalue weighted by molar-refractivity contribution is 6.14. The average Bonchev–Trinajstić information content (AvgIpc) is 3.32. The number of hydrogen-bond donors (Lipinski definition) is 0. The second-order valence-electron chi connectivity index (χ2n) is 6.21. The van der Waals surface area contributed by atoms with E-state index in [1.807, 2.05) is 30.3 Å². The van der Waals surface area contributed by atoms with Crippen LogP contribution in [-0.4, -0.2) is 16.6 Å². The molecular formula is C21H16N2O4. The van der Waals surface area contributed by atoms with Gasteiger partial charge in [0.2, 0.25) is 11.7 Å². The van der Waals surface area contributed by atoms with E-state index < -0.39 is 23.5 Å². The fourth-order valence-corrected chi connectivity index (χ4v) is 3.28. The summed E-state index contributed by atoms with van der Waals surface area (Å²) in [6.07, 6.45) is 4.88. The van der Waals surface area contributed by atoms with Crippen molar-refractivity contribution in [2.75, 3.05) is 0 Å². The van der Waals surface area contributed by atoms with Gasteiger partial charge in [-0.05, 0) is 29.5 Å². The molecule has 0 fully saturated rings. The van der Waals surface area contributed by atoms with Gasteiger partial charge < -0.3 is 14.4 Å². The Hall–Kier alpha value is -3.67. The molecule has 0 saturated heterocycles. The van der Waals surface area contributed by atoms with Crippen LogP contribution in [0, 0.1) is 0 Å². The Balaban J connectivity index is 1.79. The molecule has 3 aromatic rings. The van der Waals surface area contributed by atoms with Crippen molar-refractivity contribution in [1.82, 2.24) is 4.90 Å². The number of benzene rings is 1. The minimum atomic E-state index is -0.787. The number of carbonyl (C=O) groups is 2. The van der Waals surface area contributed by atoms with Crippen LogP contribution in [0.5, 0.6) is 0 Å². The minimum absolute atomic E-state index is 0.0435. The predicted molar refractivity (Wildman–Crippen MR) is 92.8 cm³/mol. The molecule has 0 radical (unpaired) electrons. The third kappa shape index (κ3) is 3.01. The molecule has 1 atom stereocenters. The zero-order chi connectivity index (χ0) is 18.8. The molecule has 3 heterocycles. The van der Waals surface area contributed by atoms with Crippen LogP contribution in [0.15, 0.2) is 89.0 Å². The number of aromatic amines is 1. The zero-order valence-corrected chi connectivity index (χ0v) is 14.3. The first kappa shape index (κ1) is 16.8. The van der Waals surface area contributed by atoms with E-state index in [4.69, 9.17) is 4.42 Å². The molecular weight excluding hydrogens is 344 g/mol. The summed E-state index contributed by atoms with van der Waals surface area (Å²) in [7, 11) is 0. The largest absolute Gasteiger partial charge is 0.868 e. The van der Waals surface area contributed by atoms with E-state index in [-0.39, 0.29) is 17.9 Å². The Bertz CT molecular complexity index is 995. The third-order valence-corrected chi connectivity index (χ3v) is 4.51. The van der Waals surface area contributed by atoms with E-state index in [9.17, 15) is 14.7 Å². The molecule has 2 aromatic heterocycles. The van der Waals surface area contributed by atoms with Crippen LogP contribution in [-0.2, 0) is 11.3 Å². The van der Waals surface area contributed by atoms with Gasteiger partial charge in [-0.2, -0.15) is 0 Å². The lowest BCUT2D eigenvalue weighted by atomic mass is 9.95. The van der Waals surface area contributed by atoms with Crippen molar-refractivity contribution in [2.24, 2.45) is 0 Å². The fraction of sp³-hybridized carbons (Fsp3) is 0.0952. The van der Waals surface area contributed by atoms with E-state index in [0.717, 1.165) is 5.56 Å². The molecule has 6 nitrogen and oxygen atoms in total. The summed E-state index contributed by atoms with van der Waals surface area (Å²) in [5.41, 5.74) is 1.44. The van der Waals surface area contributed by atoms with Gasteiger partial charge in [0.1, 0.15) is 0 Å². The number of nitrogens with zero attached hydrogens (tertiary/aromatic N) is 1. The Morgan fingerprint density at radius 2 is 1.93 bits per heavy atom. The molecule has 0 aliphatic carbocycles. The van der Waals surface area contributed by atoms with E-state index in [2.05, 4.69) is 4.98 Å². The average molecular weight is 360 g/mol. The van der Waals surface area contributed by atoms with Crippen LogP contribution in [0.3, 0.4) is 0 Å². The van der Waals surface area contributed by atoms with Gasteiger partial charge in [-0.3, -0.25) is 9.59 Å². The number of carbonyl (C=O) groups excluding carboxylic acids is 2. The molecule has 4 rings (SSSR count). The number of rotatable bonds is 5. The molecule has 1 aliphatic rings. The van der Waals surface area contributed by atoms with E-state index >= 15 is 0 Å². The van der Waals surface area contributed by atoms with Crippen molar-refractivity contribution < 1.29 is 24.1 Å². The van der Waals surface area contributed by atoms with Crippen LogP contribution in [0.25, 0.3) is 0 Å². The lowest BCUT2D eigenvalue weighted by Crippen LogP contribution is -2.32. The highest BCUT2D eigenvalue weighted by Gasteiger charge is 2.40. The van der Waals surface area contributed by atoms with Crippen molar-refractivity contribution in [3.05, 3.63) is 101 Å². The van der Waals surface area contributed by atoms with Crippen molar-refractivity contribution in [1.29, 1.82) is 0 Å². The van der Waals surface area contributed by atoms with Gasteiger partial charge in [0, 0.05) is 17.2 Å². The van der Waals surface area contributed by atoms with Gasteiger partial charge in [0.15, 0.2) is 18.2 Å². The minimum Gasteiger partial charge on any atom is -0.868 e. The van der Waals surface area contributed by atoms with E-state index in [0.29, 0.717) is 5.56 Å². The van der Waals surface area contributed by atoms with Crippen molar-refractivity contribution in [3.63, 3.8) is 0 Å². The standard InChI is InChI=1S/C21H16N2O4/c24-19(16-9-5-11-27-16)17-18(15-7-2-1-3-8-15)23(21(26)20(17)25)13-14-6-4-10-22-12-14/h1-12,18,25H,13H2. The normalized spacial score (nSPS) is 16.8. The zero-order valence-electron chi connectivity index (χ0n) is 14.3. The van der Waals surface area contributed by atoms with Crippen LogP contribution in [0.4, 0.5) is 0 Å². The molecule has 6 heteroatoms. The van der Waals surface area contributed by atoms with Gasteiger partial charge in [-0.15, -0.1) is 0 Å². The summed E-state index contributed by atoms with van der Waals surface area (Å²) < 4.78 is 5.17. The quantitative estimate of drug-likeness (QED) is 0.648. The highest BCUT2D eigenvalue weighted by Crippen LogP contribution is 2.38.